The molecule has 0 unspecified atom stereocenters. The van der Waals surface area contributed by atoms with Crippen molar-refractivity contribution in [3.8, 4) is 11.5 Å². The van der Waals surface area contributed by atoms with Crippen LogP contribution in [0.1, 0.15) is 10.4 Å². The lowest BCUT2D eigenvalue weighted by molar-refractivity contribution is 0.112. The van der Waals surface area contributed by atoms with Gasteiger partial charge in [-0.15, -0.1) is 0 Å². The summed E-state index contributed by atoms with van der Waals surface area (Å²) < 4.78 is 18.9. The first-order chi connectivity index (χ1) is 9.78. The van der Waals surface area contributed by atoms with Gasteiger partial charge < -0.3 is 4.74 Å². The van der Waals surface area contributed by atoms with E-state index in [1.54, 1.807) is 0 Å². The van der Waals surface area contributed by atoms with Gasteiger partial charge in [-0.1, -0.05) is 36.4 Å². The van der Waals surface area contributed by atoms with E-state index in [0.29, 0.717) is 17.8 Å². The molecule has 0 radical (unpaired) electrons. The first-order valence-corrected chi connectivity index (χ1v) is 6.18. The van der Waals surface area contributed by atoms with Crippen molar-refractivity contribution >= 4 is 17.1 Å². The summed E-state index contributed by atoms with van der Waals surface area (Å²) in [6.45, 7) is 0. The lowest BCUT2D eigenvalue weighted by atomic mass is 10.1. The summed E-state index contributed by atoms with van der Waals surface area (Å²) in [5.41, 5.74) is 0.193. The molecule has 3 aromatic rings. The largest absolute Gasteiger partial charge is 0.456 e. The van der Waals surface area contributed by atoms with Crippen LogP contribution >= 0.6 is 0 Å². The highest BCUT2D eigenvalue weighted by Crippen LogP contribution is 2.31. The lowest BCUT2D eigenvalue weighted by Crippen LogP contribution is -1.92. The molecule has 0 bridgehead atoms. The number of fused-ring (bicyclic) bond motifs is 1. The van der Waals surface area contributed by atoms with Crippen molar-refractivity contribution in [3.63, 3.8) is 0 Å². The molecular formula is C17H11FO2. The van der Waals surface area contributed by atoms with Gasteiger partial charge in [0.2, 0.25) is 0 Å². The molecule has 98 valence electrons. The normalized spacial score (nSPS) is 10.4. The maximum atomic E-state index is 13.1. The van der Waals surface area contributed by atoms with Crippen LogP contribution in [0, 0.1) is 5.82 Å². The summed E-state index contributed by atoms with van der Waals surface area (Å²) >= 11 is 0. The molecule has 0 aliphatic rings. The number of benzene rings is 3. The third kappa shape index (κ3) is 2.26. The molecule has 3 heteroatoms. The van der Waals surface area contributed by atoms with Gasteiger partial charge in [0.05, 0.1) is 5.56 Å². The minimum atomic E-state index is -0.461. The van der Waals surface area contributed by atoms with Crippen molar-refractivity contribution in [3.05, 3.63) is 72.0 Å². The highest BCUT2D eigenvalue weighted by Gasteiger charge is 2.08. The SMILES string of the molecule is O=Cc1cc(F)ccc1Oc1cccc2ccccc12. The average Bonchev–Trinajstić information content (AvgIpc) is 2.49. The van der Waals surface area contributed by atoms with Crippen molar-refractivity contribution < 1.29 is 13.9 Å². The summed E-state index contributed by atoms with van der Waals surface area (Å²) in [7, 11) is 0. The van der Waals surface area contributed by atoms with Gasteiger partial charge in [-0.2, -0.15) is 0 Å². The number of halogens is 1. The first-order valence-electron chi connectivity index (χ1n) is 6.18. The van der Waals surface area contributed by atoms with Crippen LogP contribution in [-0.4, -0.2) is 6.29 Å². The molecule has 3 aromatic carbocycles. The molecule has 0 heterocycles. The van der Waals surface area contributed by atoms with E-state index in [9.17, 15) is 9.18 Å². The lowest BCUT2D eigenvalue weighted by Gasteiger charge is -2.10. The third-order valence-corrected chi connectivity index (χ3v) is 3.07. The molecule has 0 aliphatic carbocycles. The van der Waals surface area contributed by atoms with Crippen LogP contribution in [0.3, 0.4) is 0 Å². The van der Waals surface area contributed by atoms with Crippen molar-refractivity contribution in [2.75, 3.05) is 0 Å². The molecule has 2 nitrogen and oxygen atoms in total. The third-order valence-electron chi connectivity index (χ3n) is 3.07. The molecule has 0 saturated carbocycles. The minimum Gasteiger partial charge on any atom is -0.456 e. The van der Waals surface area contributed by atoms with Crippen LogP contribution in [0.2, 0.25) is 0 Å². The van der Waals surface area contributed by atoms with Crippen molar-refractivity contribution in [1.82, 2.24) is 0 Å². The van der Waals surface area contributed by atoms with Crippen LogP contribution in [0.4, 0.5) is 4.39 Å². The minimum absolute atomic E-state index is 0.193. The zero-order valence-corrected chi connectivity index (χ0v) is 10.5. The van der Waals surface area contributed by atoms with E-state index in [1.165, 1.54) is 12.1 Å². The summed E-state index contributed by atoms with van der Waals surface area (Å²) in [6, 6.07) is 17.3. The zero-order valence-electron chi connectivity index (χ0n) is 10.5. The maximum absolute atomic E-state index is 13.1. The molecule has 0 N–H and O–H groups in total. The molecule has 0 atom stereocenters. The van der Waals surface area contributed by atoms with Gasteiger partial charge in [-0.25, -0.2) is 4.39 Å². The van der Waals surface area contributed by atoms with Gasteiger partial charge in [-0.3, -0.25) is 4.79 Å². The maximum Gasteiger partial charge on any atom is 0.153 e. The standard InChI is InChI=1S/C17H11FO2/c18-14-8-9-16(13(10-14)11-19)20-17-7-3-5-12-4-1-2-6-15(12)17/h1-11H. The second-order valence-corrected chi connectivity index (χ2v) is 4.38. The van der Waals surface area contributed by atoms with Gasteiger partial charge in [0.15, 0.2) is 6.29 Å². The Labute approximate surface area is 115 Å². The number of hydrogen-bond acceptors (Lipinski definition) is 2. The fraction of sp³-hybridized carbons (Fsp3) is 0. The van der Waals surface area contributed by atoms with Crippen LogP contribution in [0.15, 0.2) is 60.7 Å². The number of carbonyl (C=O) groups is 1. The Bertz CT molecular complexity index is 776. The second kappa shape index (κ2) is 5.13. The Morgan fingerprint density at radius 2 is 1.70 bits per heavy atom. The zero-order chi connectivity index (χ0) is 13.9. The Balaban J connectivity index is 2.08. The summed E-state index contributed by atoms with van der Waals surface area (Å²) in [6.07, 6.45) is 0.587. The van der Waals surface area contributed by atoms with E-state index < -0.39 is 5.82 Å². The highest BCUT2D eigenvalue weighted by atomic mass is 19.1. The second-order valence-electron chi connectivity index (χ2n) is 4.38. The Kier molecular flexibility index (Phi) is 3.17. The fourth-order valence-corrected chi connectivity index (χ4v) is 2.11. The van der Waals surface area contributed by atoms with Crippen molar-refractivity contribution in [2.24, 2.45) is 0 Å². The van der Waals surface area contributed by atoms with Gasteiger partial charge >= 0.3 is 0 Å². The van der Waals surface area contributed by atoms with Gasteiger partial charge in [0, 0.05) is 5.39 Å². The quantitative estimate of drug-likeness (QED) is 0.648. The van der Waals surface area contributed by atoms with E-state index in [2.05, 4.69) is 0 Å². The molecule has 0 aliphatic heterocycles. The molecule has 3 rings (SSSR count). The molecule has 0 saturated heterocycles. The fourth-order valence-electron chi connectivity index (χ4n) is 2.11. The van der Waals surface area contributed by atoms with E-state index in [4.69, 9.17) is 4.74 Å². The molecule has 0 fully saturated rings. The van der Waals surface area contributed by atoms with Gasteiger partial charge in [0.1, 0.15) is 17.3 Å². The van der Waals surface area contributed by atoms with E-state index in [0.717, 1.165) is 16.8 Å². The van der Waals surface area contributed by atoms with E-state index in [-0.39, 0.29) is 5.56 Å². The Morgan fingerprint density at radius 3 is 2.55 bits per heavy atom. The van der Waals surface area contributed by atoms with Gasteiger partial charge in [-0.05, 0) is 29.7 Å². The number of carbonyl (C=O) groups excluding carboxylic acids is 1. The number of ether oxygens (including phenoxy) is 1. The molecular weight excluding hydrogens is 255 g/mol. The van der Waals surface area contributed by atoms with Gasteiger partial charge in [0.25, 0.3) is 0 Å². The number of rotatable bonds is 3. The van der Waals surface area contributed by atoms with Crippen molar-refractivity contribution in [1.29, 1.82) is 0 Å². The number of hydrogen-bond donors (Lipinski definition) is 0. The smallest absolute Gasteiger partial charge is 0.153 e. The number of aldehydes is 1. The molecule has 0 spiro atoms. The average molecular weight is 266 g/mol. The first kappa shape index (κ1) is 12.4. The summed E-state index contributed by atoms with van der Waals surface area (Å²) in [4.78, 5) is 11.0. The molecule has 20 heavy (non-hydrogen) atoms. The van der Waals surface area contributed by atoms with Crippen LogP contribution in [0.5, 0.6) is 11.5 Å². The summed E-state index contributed by atoms with van der Waals surface area (Å²) in [5.74, 6) is 0.521. The Hall–Kier alpha value is -2.68. The van der Waals surface area contributed by atoms with E-state index >= 15 is 0 Å². The monoisotopic (exact) mass is 266 g/mol. The van der Waals surface area contributed by atoms with Crippen molar-refractivity contribution in [2.45, 2.75) is 0 Å². The summed E-state index contributed by atoms with van der Waals surface area (Å²) in [5, 5.41) is 1.98. The molecule has 0 aromatic heterocycles. The Morgan fingerprint density at radius 1 is 0.900 bits per heavy atom. The van der Waals surface area contributed by atoms with Crippen LogP contribution in [-0.2, 0) is 0 Å². The van der Waals surface area contributed by atoms with Crippen LogP contribution in [0.25, 0.3) is 10.8 Å². The topological polar surface area (TPSA) is 26.3 Å². The van der Waals surface area contributed by atoms with Crippen LogP contribution < -0.4 is 4.74 Å². The predicted octanol–water partition coefficient (Wildman–Crippen LogP) is 4.58. The van der Waals surface area contributed by atoms with E-state index in [1.807, 2.05) is 42.5 Å². The molecule has 0 amide bonds. The highest BCUT2D eigenvalue weighted by molar-refractivity contribution is 5.89. The predicted molar refractivity (Wildman–Crippen MR) is 75.8 cm³/mol.